The average molecular weight is 705 g/mol. The molecule has 0 radical (unpaired) electrons. The summed E-state index contributed by atoms with van der Waals surface area (Å²) in [5.41, 5.74) is 11.5. The maximum atomic E-state index is 14.5. The third-order valence-electron chi connectivity index (χ3n) is 9.06. The molecule has 1 atom stereocenters. The van der Waals surface area contributed by atoms with E-state index < -0.39 is 0 Å². The van der Waals surface area contributed by atoms with Crippen molar-refractivity contribution in [3.8, 4) is 0 Å². The molecule has 0 saturated heterocycles. The summed E-state index contributed by atoms with van der Waals surface area (Å²) < 4.78 is 28.6. The first kappa shape index (κ1) is 36.2. The smallest absolute Gasteiger partial charge is 0.147 e. The Morgan fingerprint density at radius 2 is 0.885 bits per heavy atom. The first-order valence-electron chi connectivity index (χ1n) is 17.4. The molecule has 1 unspecified atom stereocenters. The summed E-state index contributed by atoms with van der Waals surface area (Å²) in [6.45, 7) is 3.94. The summed E-state index contributed by atoms with van der Waals surface area (Å²) in [5, 5.41) is 1.23. The quantitative estimate of drug-likeness (QED) is 0.0978. The van der Waals surface area contributed by atoms with Crippen LogP contribution in [-0.4, -0.2) is 14.1 Å². The van der Waals surface area contributed by atoms with E-state index in [1.165, 1.54) is 16.4 Å². The fraction of sp³-hybridized carbons (Fsp3) is 0.106. The highest BCUT2D eigenvalue weighted by molar-refractivity contribution is 7.27. The third-order valence-corrected chi connectivity index (χ3v) is 9.60. The predicted molar refractivity (Wildman–Crippen MR) is 225 cm³/mol. The van der Waals surface area contributed by atoms with Crippen LogP contribution in [0.3, 0.4) is 0 Å². The molecule has 0 aliphatic rings. The van der Waals surface area contributed by atoms with Crippen molar-refractivity contribution < 1.29 is 8.78 Å². The van der Waals surface area contributed by atoms with Gasteiger partial charge in [-0.2, -0.15) is 0 Å². The molecule has 0 aliphatic carbocycles. The van der Waals surface area contributed by atoms with Crippen LogP contribution in [0.2, 0.25) is 0 Å². The minimum Gasteiger partial charge on any atom is -0.375 e. The summed E-state index contributed by atoms with van der Waals surface area (Å²) in [7, 11) is 6.51. The first-order valence-corrected chi connectivity index (χ1v) is 18.0. The van der Waals surface area contributed by atoms with Gasteiger partial charge >= 0.3 is 0 Å². The molecule has 2 nitrogen and oxygen atoms in total. The number of anilines is 4. The van der Waals surface area contributed by atoms with Crippen molar-refractivity contribution in [3.63, 3.8) is 0 Å². The van der Waals surface area contributed by atoms with Crippen molar-refractivity contribution in [2.75, 3.05) is 23.9 Å². The van der Waals surface area contributed by atoms with E-state index in [1.54, 1.807) is 36.1 Å². The van der Waals surface area contributed by atoms with Crippen LogP contribution in [0.5, 0.6) is 0 Å². The molecule has 0 N–H and O–H groups in total. The molecule has 52 heavy (non-hydrogen) atoms. The monoisotopic (exact) mass is 704 g/mol. The zero-order chi connectivity index (χ0) is 36.6. The number of rotatable bonds is 11. The number of aryl methyl sites for hydroxylation is 2. The Balaban J connectivity index is 1.27. The first-order chi connectivity index (χ1) is 25.2. The van der Waals surface area contributed by atoms with Gasteiger partial charge in [0.15, 0.2) is 0 Å². The Morgan fingerprint density at radius 3 is 1.29 bits per heavy atom. The van der Waals surface area contributed by atoms with Gasteiger partial charge < -0.3 is 9.80 Å². The van der Waals surface area contributed by atoms with E-state index in [-0.39, 0.29) is 11.6 Å². The maximum Gasteiger partial charge on any atom is 0.147 e. The molecular weight excluding hydrogens is 662 g/mol. The van der Waals surface area contributed by atoms with Crippen molar-refractivity contribution in [3.05, 3.63) is 184 Å². The lowest BCUT2D eigenvalue weighted by molar-refractivity contribution is 0.618. The molecule has 0 heterocycles. The molecule has 6 rings (SSSR count). The largest absolute Gasteiger partial charge is 0.375 e. The van der Waals surface area contributed by atoms with Gasteiger partial charge in [0, 0.05) is 31.2 Å². The van der Waals surface area contributed by atoms with Gasteiger partial charge in [-0.25, -0.2) is 8.78 Å². The average Bonchev–Trinajstić information content (AvgIpc) is 3.15. The van der Waals surface area contributed by atoms with Crippen LogP contribution in [-0.2, 0) is 6.42 Å². The van der Waals surface area contributed by atoms with Crippen molar-refractivity contribution in [2.45, 2.75) is 20.3 Å². The number of hydrogen-bond acceptors (Lipinski definition) is 2. The number of nitrogens with zero attached hydrogens (tertiary/aromatic N) is 2. The van der Waals surface area contributed by atoms with Crippen molar-refractivity contribution in [2.24, 2.45) is 0 Å². The second-order valence-corrected chi connectivity index (χ2v) is 13.7. The molecule has 0 saturated carbocycles. The number of halogens is 2. The molecule has 0 aliphatic heterocycles. The lowest BCUT2D eigenvalue weighted by Crippen LogP contribution is -2.10. The normalized spacial score (nSPS) is 11.6. The Bertz CT molecular complexity index is 2230. The van der Waals surface area contributed by atoms with E-state index in [0.29, 0.717) is 11.3 Å². The minimum absolute atomic E-state index is 0.205. The molecule has 0 bridgehead atoms. The van der Waals surface area contributed by atoms with Crippen LogP contribution in [0.25, 0.3) is 36.5 Å². The summed E-state index contributed by atoms with van der Waals surface area (Å²) in [4.78, 5) is 3.99. The molecule has 5 heteroatoms. The molecule has 0 spiro atoms. The highest BCUT2D eigenvalue weighted by Gasteiger charge is 2.13. The van der Waals surface area contributed by atoms with E-state index in [1.807, 2.05) is 50.5 Å². The van der Waals surface area contributed by atoms with Crippen LogP contribution >= 0.6 is 9.24 Å². The zero-order valence-corrected chi connectivity index (χ0v) is 31.2. The van der Waals surface area contributed by atoms with Crippen LogP contribution in [0.1, 0.15) is 51.4 Å². The van der Waals surface area contributed by atoms with Crippen LogP contribution in [0, 0.1) is 18.6 Å². The Morgan fingerprint density at radius 1 is 0.500 bits per heavy atom. The van der Waals surface area contributed by atoms with Gasteiger partial charge in [-0.05, 0) is 124 Å². The maximum absolute atomic E-state index is 14.5. The van der Waals surface area contributed by atoms with Gasteiger partial charge in [-0.15, -0.1) is 9.24 Å². The molecule has 0 aromatic heterocycles. The Labute approximate surface area is 309 Å². The summed E-state index contributed by atoms with van der Waals surface area (Å²) in [6, 6.07) is 42.3. The molecule has 6 aromatic carbocycles. The van der Waals surface area contributed by atoms with E-state index in [4.69, 9.17) is 0 Å². The van der Waals surface area contributed by atoms with Gasteiger partial charge in [-0.1, -0.05) is 110 Å². The summed E-state index contributed by atoms with van der Waals surface area (Å²) in [5.74, 6) is -0.450. The molecule has 0 amide bonds. The SMILES string of the molecule is CCc1ccc(/C=C/c2ccc(N(c3ccc(/C=C/c4ccc(C)c(F)c4)cc3)c3ccc(/C=C/c4ccc(N(C)C)c(F)c4)cc3)cc2)cc1P. The van der Waals surface area contributed by atoms with Crippen molar-refractivity contribution >= 4 is 73.8 Å². The van der Waals surface area contributed by atoms with Gasteiger partial charge in [-0.3, -0.25) is 0 Å². The lowest BCUT2D eigenvalue weighted by Gasteiger charge is -2.26. The Kier molecular flexibility index (Phi) is 11.6. The second-order valence-electron chi connectivity index (χ2n) is 13.0. The number of hydrogen-bond donors (Lipinski definition) is 0. The molecule has 0 fully saturated rings. The van der Waals surface area contributed by atoms with Crippen molar-refractivity contribution in [1.82, 2.24) is 0 Å². The third kappa shape index (κ3) is 9.01. The topological polar surface area (TPSA) is 6.48 Å². The molecule has 260 valence electrons. The number of benzene rings is 6. The van der Waals surface area contributed by atoms with E-state index in [0.717, 1.165) is 51.3 Å². The van der Waals surface area contributed by atoms with Crippen LogP contribution in [0.15, 0.2) is 127 Å². The summed E-state index contributed by atoms with van der Waals surface area (Å²) >= 11 is 0. The van der Waals surface area contributed by atoms with E-state index in [2.05, 4.69) is 124 Å². The van der Waals surface area contributed by atoms with Crippen molar-refractivity contribution in [1.29, 1.82) is 0 Å². The van der Waals surface area contributed by atoms with E-state index >= 15 is 0 Å². The van der Waals surface area contributed by atoms with Gasteiger partial charge in [0.25, 0.3) is 0 Å². The zero-order valence-electron chi connectivity index (χ0n) is 30.0. The molecular formula is C47H43F2N2P. The minimum atomic E-state index is -0.245. The second kappa shape index (κ2) is 16.6. The standard InChI is InChI=1S/C47H43F2N2P/c1-5-40-22-14-39(32-47(40)52)13-10-36-19-27-43(28-20-36)51(41-23-15-34(16-24-41)8-11-37-7-6-33(2)44(48)30-37)42-25-17-35(18-26-42)9-12-38-21-29-46(50(3)4)45(49)31-38/h6-32H,5,52H2,1-4H3/b11-8+,12-9+,13-10+. The van der Waals surface area contributed by atoms with Gasteiger partial charge in [0.05, 0.1) is 5.69 Å². The van der Waals surface area contributed by atoms with E-state index in [9.17, 15) is 8.78 Å². The van der Waals surface area contributed by atoms with Crippen LogP contribution in [0.4, 0.5) is 31.5 Å². The summed E-state index contributed by atoms with van der Waals surface area (Å²) in [6.07, 6.45) is 13.2. The fourth-order valence-electron chi connectivity index (χ4n) is 5.97. The highest BCUT2D eigenvalue weighted by atomic mass is 31.0. The van der Waals surface area contributed by atoms with Gasteiger partial charge in [0.2, 0.25) is 0 Å². The predicted octanol–water partition coefficient (Wildman–Crippen LogP) is 12.4. The van der Waals surface area contributed by atoms with Crippen LogP contribution < -0.4 is 15.1 Å². The highest BCUT2D eigenvalue weighted by Crippen LogP contribution is 2.35. The lowest BCUT2D eigenvalue weighted by atomic mass is 10.1. The Hall–Kier alpha value is -5.57. The van der Waals surface area contributed by atoms with Gasteiger partial charge in [0.1, 0.15) is 11.6 Å². The fourth-order valence-corrected chi connectivity index (χ4v) is 6.46. The molecule has 6 aromatic rings.